The first-order chi connectivity index (χ1) is 5.57. The summed E-state index contributed by atoms with van der Waals surface area (Å²) in [4.78, 5) is 0. The predicted octanol–water partition coefficient (Wildman–Crippen LogP) is 1.57. The molecule has 0 fully saturated rings. The van der Waals surface area contributed by atoms with Crippen LogP contribution in [0, 0.1) is 13.8 Å². The Balaban J connectivity index is 3.19. The van der Waals surface area contributed by atoms with Gasteiger partial charge in [0.15, 0.2) is 0 Å². The van der Waals surface area contributed by atoms with E-state index in [1.54, 1.807) is 6.92 Å². The predicted molar refractivity (Wildman–Crippen MR) is 48.0 cm³/mol. The summed E-state index contributed by atoms with van der Waals surface area (Å²) < 4.78 is 1.91. The van der Waals surface area contributed by atoms with Crippen molar-refractivity contribution in [2.45, 2.75) is 40.3 Å². The Hall–Kier alpha value is -0.830. The first kappa shape index (κ1) is 9.26. The number of aromatic nitrogens is 2. The van der Waals surface area contributed by atoms with Crippen LogP contribution in [0.25, 0.3) is 0 Å². The minimum Gasteiger partial charge on any atom is -0.389 e. The Morgan fingerprint density at radius 2 is 2.08 bits per heavy atom. The van der Waals surface area contributed by atoms with Crippen molar-refractivity contribution in [1.29, 1.82) is 0 Å². The third kappa shape index (κ3) is 1.37. The van der Waals surface area contributed by atoms with Gasteiger partial charge in [-0.2, -0.15) is 5.10 Å². The summed E-state index contributed by atoms with van der Waals surface area (Å²) in [5, 5.41) is 13.7. The average molecular weight is 168 g/mol. The largest absolute Gasteiger partial charge is 0.389 e. The molecule has 1 N–H and O–H groups in total. The average Bonchev–Trinajstić information content (AvgIpc) is 2.25. The molecule has 1 heterocycles. The van der Waals surface area contributed by atoms with Crippen LogP contribution in [0.15, 0.2) is 0 Å². The lowest BCUT2D eigenvalue weighted by Gasteiger charge is -2.04. The van der Waals surface area contributed by atoms with E-state index in [2.05, 4.69) is 5.10 Å². The SMILES string of the molecule is CCn1nc(C)c(C(C)O)c1C. The van der Waals surface area contributed by atoms with Crippen LogP contribution < -0.4 is 0 Å². The number of hydrogen-bond donors (Lipinski definition) is 1. The molecular formula is C9H16N2O. The van der Waals surface area contributed by atoms with Crippen molar-refractivity contribution in [2.75, 3.05) is 0 Å². The molecule has 1 aromatic heterocycles. The minimum atomic E-state index is -0.412. The van der Waals surface area contributed by atoms with Gasteiger partial charge >= 0.3 is 0 Å². The molecule has 1 aromatic rings. The van der Waals surface area contributed by atoms with E-state index in [-0.39, 0.29) is 0 Å². The molecule has 0 aromatic carbocycles. The topological polar surface area (TPSA) is 38.0 Å². The van der Waals surface area contributed by atoms with Gasteiger partial charge in [0, 0.05) is 17.8 Å². The van der Waals surface area contributed by atoms with Crippen LogP contribution in [0.4, 0.5) is 0 Å². The van der Waals surface area contributed by atoms with Crippen molar-refractivity contribution < 1.29 is 5.11 Å². The fourth-order valence-electron chi connectivity index (χ4n) is 1.62. The normalized spacial score (nSPS) is 13.4. The van der Waals surface area contributed by atoms with E-state index < -0.39 is 6.10 Å². The molecule has 0 aliphatic heterocycles. The second-order valence-corrected chi connectivity index (χ2v) is 3.08. The lowest BCUT2D eigenvalue weighted by atomic mass is 10.1. The van der Waals surface area contributed by atoms with Crippen LogP contribution in [0.2, 0.25) is 0 Å². The first-order valence-corrected chi connectivity index (χ1v) is 4.29. The van der Waals surface area contributed by atoms with Crippen LogP contribution in [0.5, 0.6) is 0 Å². The van der Waals surface area contributed by atoms with Gasteiger partial charge in [-0.05, 0) is 27.7 Å². The third-order valence-electron chi connectivity index (χ3n) is 2.15. The minimum absolute atomic E-state index is 0.412. The Labute approximate surface area is 73.0 Å². The molecule has 0 aliphatic carbocycles. The van der Waals surface area contributed by atoms with Gasteiger partial charge in [-0.25, -0.2) is 0 Å². The lowest BCUT2D eigenvalue weighted by Crippen LogP contribution is -2.00. The first-order valence-electron chi connectivity index (χ1n) is 4.29. The maximum atomic E-state index is 9.44. The molecule has 3 heteroatoms. The molecule has 0 aliphatic rings. The van der Waals surface area contributed by atoms with Crippen molar-refractivity contribution in [3.8, 4) is 0 Å². The summed E-state index contributed by atoms with van der Waals surface area (Å²) in [7, 11) is 0. The molecule has 1 rings (SSSR count). The highest BCUT2D eigenvalue weighted by Crippen LogP contribution is 2.20. The summed E-state index contributed by atoms with van der Waals surface area (Å²) >= 11 is 0. The van der Waals surface area contributed by atoms with Crippen molar-refractivity contribution in [3.05, 3.63) is 17.0 Å². The third-order valence-corrected chi connectivity index (χ3v) is 2.15. The van der Waals surface area contributed by atoms with Gasteiger partial charge in [-0.1, -0.05) is 0 Å². The highest BCUT2D eigenvalue weighted by Gasteiger charge is 2.13. The number of aryl methyl sites for hydroxylation is 2. The van der Waals surface area contributed by atoms with Gasteiger partial charge in [-0.3, -0.25) is 4.68 Å². The Morgan fingerprint density at radius 1 is 1.50 bits per heavy atom. The summed E-state index contributed by atoms with van der Waals surface area (Å²) in [6.07, 6.45) is -0.412. The number of aliphatic hydroxyl groups is 1. The second kappa shape index (κ2) is 3.27. The maximum absolute atomic E-state index is 9.44. The number of hydrogen-bond acceptors (Lipinski definition) is 2. The van der Waals surface area contributed by atoms with E-state index in [0.717, 1.165) is 23.5 Å². The van der Waals surface area contributed by atoms with Crippen LogP contribution in [0.3, 0.4) is 0 Å². The van der Waals surface area contributed by atoms with E-state index in [1.165, 1.54) is 0 Å². The highest BCUT2D eigenvalue weighted by molar-refractivity contribution is 5.26. The molecule has 0 radical (unpaired) electrons. The molecule has 1 atom stereocenters. The molecular weight excluding hydrogens is 152 g/mol. The van der Waals surface area contributed by atoms with Crippen molar-refractivity contribution >= 4 is 0 Å². The van der Waals surface area contributed by atoms with Gasteiger partial charge in [0.1, 0.15) is 0 Å². The van der Waals surface area contributed by atoms with E-state index >= 15 is 0 Å². The van der Waals surface area contributed by atoms with Gasteiger partial charge in [0.05, 0.1) is 11.8 Å². The molecule has 0 bridgehead atoms. The molecule has 0 spiro atoms. The van der Waals surface area contributed by atoms with Crippen molar-refractivity contribution in [2.24, 2.45) is 0 Å². The van der Waals surface area contributed by atoms with Crippen LogP contribution in [-0.2, 0) is 6.54 Å². The van der Waals surface area contributed by atoms with Crippen LogP contribution >= 0.6 is 0 Å². The van der Waals surface area contributed by atoms with Crippen LogP contribution in [-0.4, -0.2) is 14.9 Å². The standard InChI is InChI=1S/C9H16N2O/c1-5-11-7(3)9(8(4)12)6(2)10-11/h8,12H,5H2,1-4H3. The zero-order chi connectivity index (χ0) is 9.30. The molecule has 68 valence electrons. The van der Waals surface area contributed by atoms with Crippen LogP contribution in [0.1, 0.15) is 36.9 Å². The second-order valence-electron chi connectivity index (χ2n) is 3.08. The molecule has 0 amide bonds. The summed E-state index contributed by atoms with van der Waals surface area (Å²) in [6, 6.07) is 0. The zero-order valence-electron chi connectivity index (χ0n) is 8.13. The summed E-state index contributed by atoms with van der Waals surface area (Å²) in [6.45, 7) is 8.61. The summed E-state index contributed by atoms with van der Waals surface area (Å²) in [5.41, 5.74) is 2.98. The number of rotatable bonds is 2. The molecule has 3 nitrogen and oxygen atoms in total. The van der Waals surface area contributed by atoms with E-state index in [0.29, 0.717) is 0 Å². The fraction of sp³-hybridized carbons (Fsp3) is 0.667. The van der Waals surface area contributed by atoms with Gasteiger partial charge in [0.25, 0.3) is 0 Å². The Kier molecular flexibility index (Phi) is 2.52. The monoisotopic (exact) mass is 168 g/mol. The van der Waals surface area contributed by atoms with E-state index in [9.17, 15) is 5.11 Å². The van der Waals surface area contributed by atoms with Crippen molar-refractivity contribution in [1.82, 2.24) is 9.78 Å². The summed E-state index contributed by atoms with van der Waals surface area (Å²) in [5.74, 6) is 0. The van der Waals surface area contributed by atoms with Crippen molar-refractivity contribution in [3.63, 3.8) is 0 Å². The molecule has 12 heavy (non-hydrogen) atoms. The molecule has 0 saturated heterocycles. The highest BCUT2D eigenvalue weighted by atomic mass is 16.3. The van der Waals surface area contributed by atoms with Gasteiger partial charge in [0.2, 0.25) is 0 Å². The quantitative estimate of drug-likeness (QED) is 0.728. The van der Waals surface area contributed by atoms with E-state index in [1.807, 2.05) is 25.5 Å². The smallest absolute Gasteiger partial charge is 0.0797 e. The molecule has 1 unspecified atom stereocenters. The van der Waals surface area contributed by atoms with Gasteiger partial charge < -0.3 is 5.11 Å². The number of aliphatic hydroxyl groups excluding tert-OH is 1. The lowest BCUT2D eigenvalue weighted by molar-refractivity contribution is 0.197. The fourth-order valence-corrected chi connectivity index (χ4v) is 1.62. The number of nitrogens with zero attached hydrogens (tertiary/aromatic N) is 2. The molecule has 0 saturated carbocycles. The van der Waals surface area contributed by atoms with Gasteiger partial charge in [-0.15, -0.1) is 0 Å². The zero-order valence-corrected chi connectivity index (χ0v) is 8.13. The van der Waals surface area contributed by atoms with E-state index in [4.69, 9.17) is 0 Å². The maximum Gasteiger partial charge on any atom is 0.0797 e. The Bertz CT molecular complexity index is 276. The Morgan fingerprint density at radius 3 is 2.33 bits per heavy atom.